The average molecular weight is 253 g/mol. The van der Waals surface area contributed by atoms with Gasteiger partial charge in [0.1, 0.15) is 0 Å². The first-order valence-corrected chi connectivity index (χ1v) is 5.04. The number of hydrogen-bond acceptors (Lipinski definition) is 3. The van der Waals surface area contributed by atoms with Crippen molar-refractivity contribution in [3.8, 4) is 0 Å². The first-order valence-electron chi connectivity index (χ1n) is 3.54. The average Bonchev–Trinajstić information content (AvgIpc) is 2.16. The lowest BCUT2D eigenvalue weighted by molar-refractivity contribution is -0.142. The fourth-order valence-corrected chi connectivity index (χ4v) is 1.34. The Bertz CT molecular complexity index is 316. The zero-order valence-electron chi connectivity index (χ0n) is 6.81. The molecule has 0 aliphatic rings. The zero-order chi connectivity index (χ0) is 10.6. The van der Waals surface area contributed by atoms with Crippen molar-refractivity contribution in [2.24, 2.45) is 0 Å². The van der Waals surface area contributed by atoms with Crippen LogP contribution in [-0.4, -0.2) is 15.6 Å². The molecule has 6 heteroatoms. The molecule has 0 aliphatic heterocycles. The number of rotatable bonds is 4. The van der Waals surface area contributed by atoms with Crippen molar-refractivity contribution in [1.82, 2.24) is 0 Å². The van der Waals surface area contributed by atoms with Crippen LogP contribution in [0.15, 0.2) is 35.2 Å². The first kappa shape index (κ1) is 11.7. The van der Waals surface area contributed by atoms with Gasteiger partial charge in [0.05, 0.1) is 0 Å². The van der Waals surface area contributed by atoms with Gasteiger partial charge in [0.2, 0.25) is 0 Å². The summed E-state index contributed by atoms with van der Waals surface area (Å²) >= 11 is 11.5. The Balaban J connectivity index is 2.53. The van der Waals surface area contributed by atoms with Crippen molar-refractivity contribution in [3.05, 3.63) is 30.3 Å². The maximum Gasteiger partial charge on any atom is 0.369 e. The third kappa shape index (κ3) is 3.38. The summed E-state index contributed by atoms with van der Waals surface area (Å²) in [7, 11) is 0. The normalized spacial score (nSPS) is 11.3. The van der Waals surface area contributed by atoms with Crippen molar-refractivity contribution < 1.29 is 14.1 Å². The molecule has 0 aromatic heterocycles. The van der Waals surface area contributed by atoms with Crippen LogP contribution in [0, 0.1) is 0 Å². The molecule has 0 saturated heterocycles. The monoisotopic (exact) mass is 252 g/mol. The van der Waals surface area contributed by atoms with E-state index >= 15 is 0 Å². The van der Waals surface area contributed by atoms with Crippen LogP contribution in [0.2, 0.25) is 0 Å². The van der Waals surface area contributed by atoms with Crippen LogP contribution in [0.25, 0.3) is 0 Å². The van der Waals surface area contributed by atoms with Crippen LogP contribution >= 0.6 is 35.2 Å². The van der Waals surface area contributed by atoms with E-state index in [-0.39, 0.29) is 0 Å². The third-order valence-electron chi connectivity index (χ3n) is 1.23. The molecule has 0 aliphatic carbocycles. The quantitative estimate of drug-likeness (QED) is 0.662. The molecule has 0 bridgehead atoms. The van der Waals surface area contributed by atoms with Gasteiger partial charge >= 0.3 is 10.5 Å². The molecule has 1 N–H and O–H groups in total. The Morgan fingerprint density at radius 1 is 1.36 bits per heavy atom. The van der Waals surface area contributed by atoms with Gasteiger partial charge in [-0.05, 0) is 12.1 Å². The van der Waals surface area contributed by atoms with Crippen molar-refractivity contribution in [3.63, 3.8) is 0 Å². The highest BCUT2D eigenvalue weighted by molar-refractivity contribution is 7.94. The van der Waals surface area contributed by atoms with E-state index < -0.39 is 10.5 Å². The van der Waals surface area contributed by atoms with E-state index in [1.807, 2.05) is 6.07 Å². The standard InChI is InChI=1S/C8H6Cl2O3S/c9-8(10,7(11)12)13-14-6-4-2-1-3-5-6/h1-5H,(H,11,12). The van der Waals surface area contributed by atoms with E-state index in [2.05, 4.69) is 0 Å². The van der Waals surface area contributed by atoms with Gasteiger partial charge in [-0.25, -0.2) is 4.79 Å². The smallest absolute Gasteiger partial charge is 0.369 e. The van der Waals surface area contributed by atoms with Crippen molar-refractivity contribution in [1.29, 1.82) is 0 Å². The Morgan fingerprint density at radius 2 is 1.93 bits per heavy atom. The molecule has 0 atom stereocenters. The molecular weight excluding hydrogens is 247 g/mol. The maximum atomic E-state index is 10.4. The van der Waals surface area contributed by atoms with Gasteiger partial charge in [-0.3, -0.25) is 4.18 Å². The van der Waals surface area contributed by atoms with Crippen LogP contribution in [0.5, 0.6) is 0 Å². The molecule has 0 spiro atoms. The van der Waals surface area contributed by atoms with E-state index in [9.17, 15) is 4.79 Å². The SMILES string of the molecule is O=C(O)C(Cl)(Cl)OSc1ccccc1. The largest absolute Gasteiger partial charge is 0.477 e. The van der Waals surface area contributed by atoms with E-state index in [0.29, 0.717) is 0 Å². The lowest BCUT2D eigenvalue weighted by Crippen LogP contribution is -2.26. The summed E-state index contributed by atoms with van der Waals surface area (Å²) in [5.74, 6) is -1.44. The summed E-state index contributed by atoms with van der Waals surface area (Å²) < 4.78 is 2.50. The van der Waals surface area contributed by atoms with Gasteiger partial charge in [0.15, 0.2) is 0 Å². The lowest BCUT2D eigenvalue weighted by atomic mass is 10.4. The Labute approximate surface area is 95.2 Å². The van der Waals surface area contributed by atoms with Gasteiger partial charge in [0.25, 0.3) is 0 Å². The molecule has 0 saturated carbocycles. The summed E-state index contributed by atoms with van der Waals surface area (Å²) in [6.07, 6.45) is 0. The lowest BCUT2D eigenvalue weighted by Gasteiger charge is -2.12. The third-order valence-corrected chi connectivity index (χ3v) is 2.69. The number of alkyl halides is 2. The van der Waals surface area contributed by atoms with Gasteiger partial charge in [0, 0.05) is 16.9 Å². The van der Waals surface area contributed by atoms with Crippen LogP contribution in [-0.2, 0) is 8.98 Å². The molecule has 0 heterocycles. The number of hydrogen-bond donors (Lipinski definition) is 1. The molecule has 1 rings (SSSR count). The van der Waals surface area contributed by atoms with Crippen LogP contribution in [0.1, 0.15) is 0 Å². The van der Waals surface area contributed by atoms with E-state index in [0.717, 1.165) is 16.9 Å². The second kappa shape index (κ2) is 4.89. The summed E-state index contributed by atoms with van der Waals surface area (Å²) in [5.41, 5.74) is 0. The van der Waals surface area contributed by atoms with Crippen molar-refractivity contribution in [2.75, 3.05) is 0 Å². The second-order valence-electron chi connectivity index (χ2n) is 2.30. The minimum Gasteiger partial charge on any atom is -0.477 e. The maximum absolute atomic E-state index is 10.4. The predicted molar refractivity (Wildman–Crippen MR) is 55.5 cm³/mol. The molecule has 0 fully saturated rings. The summed E-state index contributed by atoms with van der Waals surface area (Å²) in [5, 5.41) is 8.52. The van der Waals surface area contributed by atoms with Gasteiger partial charge in [-0.1, -0.05) is 41.4 Å². The molecule has 3 nitrogen and oxygen atoms in total. The molecule has 76 valence electrons. The number of halogens is 2. The predicted octanol–water partition coefficient (Wildman–Crippen LogP) is 2.93. The minimum atomic E-state index is -2.22. The highest BCUT2D eigenvalue weighted by Gasteiger charge is 2.35. The van der Waals surface area contributed by atoms with Crippen LogP contribution < -0.4 is 0 Å². The number of carbonyl (C=O) groups is 1. The van der Waals surface area contributed by atoms with Crippen molar-refractivity contribution >= 4 is 41.2 Å². The van der Waals surface area contributed by atoms with Gasteiger partial charge in [-0.2, -0.15) is 0 Å². The number of carboxylic acid groups (broad SMARTS) is 1. The summed E-state index contributed by atoms with van der Waals surface area (Å²) in [6, 6.07) is 8.90. The topological polar surface area (TPSA) is 46.5 Å². The van der Waals surface area contributed by atoms with Gasteiger partial charge < -0.3 is 5.11 Å². The van der Waals surface area contributed by atoms with Crippen LogP contribution in [0.4, 0.5) is 0 Å². The zero-order valence-corrected chi connectivity index (χ0v) is 9.14. The van der Waals surface area contributed by atoms with E-state index in [4.69, 9.17) is 32.5 Å². The molecule has 0 amide bonds. The minimum absolute atomic E-state index is 0.722. The number of benzene rings is 1. The van der Waals surface area contributed by atoms with Crippen molar-refractivity contribution in [2.45, 2.75) is 9.41 Å². The molecule has 14 heavy (non-hydrogen) atoms. The Hall–Kier alpha value is -0.420. The molecule has 0 radical (unpaired) electrons. The highest BCUT2D eigenvalue weighted by Crippen LogP contribution is 2.32. The Kier molecular flexibility index (Phi) is 4.07. The van der Waals surface area contributed by atoms with E-state index in [1.165, 1.54) is 0 Å². The van der Waals surface area contributed by atoms with Crippen LogP contribution in [0.3, 0.4) is 0 Å². The molecule has 0 unspecified atom stereocenters. The molecule has 1 aromatic carbocycles. The molecular formula is C8H6Cl2O3S. The number of aliphatic carboxylic acids is 1. The van der Waals surface area contributed by atoms with Gasteiger partial charge in [-0.15, -0.1) is 0 Å². The first-order chi connectivity index (χ1) is 6.52. The fraction of sp³-hybridized carbons (Fsp3) is 0.125. The van der Waals surface area contributed by atoms with E-state index in [1.54, 1.807) is 24.3 Å². The fourth-order valence-electron chi connectivity index (χ4n) is 0.612. The highest BCUT2D eigenvalue weighted by atomic mass is 35.5. The second-order valence-corrected chi connectivity index (χ2v) is 4.36. The summed E-state index contributed by atoms with van der Waals surface area (Å²) in [6.45, 7) is 0. The summed E-state index contributed by atoms with van der Waals surface area (Å²) in [4.78, 5) is 11.2. The molecule has 1 aromatic rings. The Morgan fingerprint density at radius 3 is 2.43 bits per heavy atom. The number of carboxylic acids is 1.